The van der Waals surface area contributed by atoms with Crippen LogP contribution in [0.25, 0.3) is 11.3 Å². The van der Waals surface area contributed by atoms with Crippen LogP contribution in [0, 0.1) is 0 Å². The fraction of sp³-hybridized carbons (Fsp3) is 0.560. The number of pyridine rings is 1. The van der Waals surface area contributed by atoms with E-state index in [4.69, 9.17) is 14.2 Å². The van der Waals surface area contributed by atoms with Gasteiger partial charge in [-0.1, -0.05) is 44.0 Å². The van der Waals surface area contributed by atoms with Gasteiger partial charge in [0, 0.05) is 18.2 Å². The van der Waals surface area contributed by atoms with Crippen molar-refractivity contribution in [3.63, 3.8) is 0 Å². The lowest BCUT2D eigenvalue weighted by molar-refractivity contribution is -0.115. The van der Waals surface area contributed by atoms with Gasteiger partial charge in [0.2, 0.25) is 0 Å². The Balaban J connectivity index is 1.47. The molecule has 3 heterocycles. The van der Waals surface area contributed by atoms with Crippen molar-refractivity contribution in [2.24, 2.45) is 0 Å². The van der Waals surface area contributed by atoms with E-state index < -0.39 is 0 Å². The molecule has 0 unspecified atom stereocenters. The van der Waals surface area contributed by atoms with Crippen LogP contribution in [0.1, 0.15) is 42.9 Å². The highest BCUT2D eigenvalue weighted by Gasteiger charge is 2.21. The number of nitrogens with zero attached hydrogens (tertiary/aromatic N) is 1. The topological polar surface area (TPSA) is 49.7 Å². The van der Waals surface area contributed by atoms with Crippen LogP contribution in [-0.2, 0) is 40.0 Å². The second-order valence-electron chi connectivity index (χ2n) is 8.29. The molecule has 1 atom stereocenters. The molecular weight excluding hydrogens is 378 g/mol. The predicted molar refractivity (Wildman–Crippen MR) is 118 cm³/mol. The number of hydrogen-bond donors (Lipinski definition) is 0. The Kier molecular flexibility index (Phi) is 7.37. The number of unbranched alkanes of at least 4 members (excludes halogenated alkanes) is 2. The summed E-state index contributed by atoms with van der Waals surface area (Å²) in [6.45, 7) is 6.05. The fourth-order valence-corrected chi connectivity index (χ4v) is 4.45. The first-order valence-corrected chi connectivity index (χ1v) is 11.4. The lowest BCUT2D eigenvalue weighted by Crippen LogP contribution is -2.32. The van der Waals surface area contributed by atoms with Crippen LogP contribution < -0.4 is 5.56 Å². The largest absolute Gasteiger partial charge is 0.378 e. The third-order valence-electron chi connectivity index (χ3n) is 6.07. The second kappa shape index (κ2) is 10.4. The highest BCUT2D eigenvalue weighted by molar-refractivity contribution is 5.69. The monoisotopic (exact) mass is 411 g/mol. The van der Waals surface area contributed by atoms with Gasteiger partial charge < -0.3 is 18.8 Å². The van der Waals surface area contributed by atoms with Gasteiger partial charge >= 0.3 is 0 Å². The summed E-state index contributed by atoms with van der Waals surface area (Å²) in [5, 5.41) is 0. The van der Waals surface area contributed by atoms with E-state index in [0.29, 0.717) is 33.0 Å². The molecule has 5 heteroatoms. The van der Waals surface area contributed by atoms with E-state index in [9.17, 15) is 4.79 Å². The molecule has 0 aliphatic carbocycles. The quantitative estimate of drug-likeness (QED) is 0.589. The molecule has 1 aromatic heterocycles. The Morgan fingerprint density at radius 2 is 2.07 bits per heavy atom. The average molecular weight is 412 g/mol. The Morgan fingerprint density at radius 3 is 2.90 bits per heavy atom. The zero-order chi connectivity index (χ0) is 20.8. The van der Waals surface area contributed by atoms with Gasteiger partial charge in [-0.2, -0.15) is 0 Å². The van der Waals surface area contributed by atoms with Crippen LogP contribution in [0.2, 0.25) is 0 Å². The van der Waals surface area contributed by atoms with Crippen molar-refractivity contribution in [1.29, 1.82) is 0 Å². The van der Waals surface area contributed by atoms with Gasteiger partial charge in [-0.15, -0.1) is 0 Å². The maximum Gasteiger partial charge on any atom is 0.251 e. The number of aryl methyl sites for hydroxylation is 2. The van der Waals surface area contributed by atoms with E-state index in [-0.39, 0.29) is 11.7 Å². The van der Waals surface area contributed by atoms with E-state index in [1.54, 1.807) is 6.07 Å². The summed E-state index contributed by atoms with van der Waals surface area (Å²) >= 11 is 0. The van der Waals surface area contributed by atoms with E-state index in [1.165, 1.54) is 41.5 Å². The lowest BCUT2D eigenvalue weighted by atomic mass is 9.91. The summed E-state index contributed by atoms with van der Waals surface area (Å²) in [5.74, 6) is 0. The molecule has 0 bridgehead atoms. The highest BCUT2D eigenvalue weighted by Crippen LogP contribution is 2.32. The Morgan fingerprint density at radius 1 is 1.13 bits per heavy atom. The molecular formula is C25H33NO4. The van der Waals surface area contributed by atoms with Crippen molar-refractivity contribution in [3.8, 4) is 11.3 Å². The van der Waals surface area contributed by atoms with E-state index in [2.05, 4.69) is 25.1 Å². The summed E-state index contributed by atoms with van der Waals surface area (Å²) in [5.41, 5.74) is 6.31. The molecule has 1 saturated heterocycles. The average Bonchev–Trinajstić information content (AvgIpc) is 2.78. The van der Waals surface area contributed by atoms with Crippen LogP contribution in [0.4, 0.5) is 0 Å². The minimum Gasteiger partial charge on any atom is -0.378 e. The van der Waals surface area contributed by atoms with Crippen LogP contribution in [0.3, 0.4) is 0 Å². The standard InChI is InChI=1S/C25H33NO4/c1-2-3-4-5-19-6-8-23-21(16-19)10-12-26-24(27)9-7-20(25(23)26)11-13-28-17-22-18-29-14-15-30-22/h6-9,16,22H,2-5,10-15,17-18H2,1H3/t22-/m0/s1. The van der Waals surface area contributed by atoms with Crippen molar-refractivity contribution in [2.75, 3.05) is 33.0 Å². The predicted octanol–water partition coefficient (Wildman–Crippen LogP) is 3.78. The minimum atomic E-state index is 0.0258. The van der Waals surface area contributed by atoms with Gasteiger partial charge in [-0.05, 0) is 42.4 Å². The zero-order valence-electron chi connectivity index (χ0n) is 18.0. The minimum absolute atomic E-state index is 0.0258. The molecule has 4 rings (SSSR count). The smallest absolute Gasteiger partial charge is 0.251 e. The number of hydrogen-bond acceptors (Lipinski definition) is 4. The molecule has 2 aliphatic rings. The van der Waals surface area contributed by atoms with Crippen molar-refractivity contribution in [1.82, 2.24) is 4.57 Å². The first kappa shape index (κ1) is 21.3. The first-order valence-electron chi connectivity index (χ1n) is 11.4. The van der Waals surface area contributed by atoms with Gasteiger partial charge in [-0.3, -0.25) is 4.79 Å². The van der Waals surface area contributed by atoms with Crippen LogP contribution in [-0.4, -0.2) is 43.7 Å². The lowest BCUT2D eigenvalue weighted by Gasteiger charge is -2.25. The third-order valence-corrected chi connectivity index (χ3v) is 6.07. The Bertz CT molecular complexity index is 899. The Labute approximate surface area is 179 Å². The summed E-state index contributed by atoms with van der Waals surface area (Å²) in [7, 11) is 0. The molecule has 0 spiro atoms. The number of fused-ring (bicyclic) bond motifs is 3. The van der Waals surface area contributed by atoms with E-state index in [1.807, 2.05) is 10.6 Å². The van der Waals surface area contributed by atoms with Gasteiger partial charge in [0.05, 0.1) is 38.7 Å². The number of benzene rings is 1. The summed E-state index contributed by atoms with van der Waals surface area (Å²) < 4.78 is 18.9. The van der Waals surface area contributed by atoms with Crippen molar-refractivity contribution in [3.05, 3.63) is 57.4 Å². The normalized spacial score (nSPS) is 18.1. The maximum absolute atomic E-state index is 12.5. The van der Waals surface area contributed by atoms with Gasteiger partial charge in [0.1, 0.15) is 6.10 Å². The molecule has 2 aromatic rings. The molecule has 162 valence electrons. The van der Waals surface area contributed by atoms with Crippen LogP contribution in [0.5, 0.6) is 0 Å². The zero-order valence-corrected chi connectivity index (χ0v) is 18.0. The van der Waals surface area contributed by atoms with Crippen molar-refractivity contribution >= 4 is 0 Å². The highest BCUT2D eigenvalue weighted by atomic mass is 16.6. The summed E-state index contributed by atoms with van der Waals surface area (Å²) in [6.07, 6.45) is 6.62. The van der Waals surface area contributed by atoms with Crippen LogP contribution >= 0.6 is 0 Å². The molecule has 0 saturated carbocycles. The number of rotatable bonds is 9. The molecule has 0 N–H and O–H groups in total. The Hall–Kier alpha value is -1.95. The van der Waals surface area contributed by atoms with Gasteiger partial charge in [-0.25, -0.2) is 0 Å². The molecule has 1 fully saturated rings. The van der Waals surface area contributed by atoms with Crippen molar-refractivity contribution < 1.29 is 14.2 Å². The first-order chi connectivity index (χ1) is 14.8. The number of aromatic nitrogens is 1. The van der Waals surface area contributed by atoms with Gasteiger partial charge in [0.15, 0.2) is 0 Å². The van der Waals surface area contributed by atoms with Crippen molar-refractivity contribution in [2.45, 2.75) is 58.1 Å². The number of ether oxygens (including phenoxy) is 3. The molecule has 0 amide bonds. The maximum atomic E-state index is 12.5. The second-order valence-corrected chi connectivity index (χ2v) is 8.29. The fourth-order valence-electron chi connectivity index (χ4n) is 4.45. The van der Waals surface area contributed by atoms with Gasteiger partial charge in [0.25, 0.3) is 5.56 Å². The molecule has 5 nitrogen and oxygen atoms in total. The summed E-state index contributed by atoms with van der Waals surface area (Å²) in [6, 6.07) is 10.5. The summed E-state index contributed by atoms with van der Waals surface area (Å²) in [4.78, 5) is 12.5. The van der Waals surface area contributed by atoms with Crippen LogP contribution in [0.15, 0.2) is 35.1 Å². The SMILES string of the molecule is CCCCCc1ccc2c(c1)CCn1c-2c(CCOC[C@H]2COCCO2)ccc1=O. The third kappa shape index (κ3) is 5.02. The van der Waals surface area contributed by atoms with E-state index in [0.717, 1.165) is 31.5 Å². The molecule has 30 heavy (non-hydrogen) atoms. The molecule has 0 radical (unpaired) electrons. The molecule has 1 aromatic carbocycles. The molecule has 2 aliphatic heterocycles. The van der Waals surface area contributed by atoms with E-state index >= 15 is 0 Å².